The lowest BCUT2D eigenvalue weighted by Gasteiger charge is -2.65. The summed E-state index contributed by atoms with van der Waals surface area (Å²) < 4.78 is 66.4. The van der Waals surface area contributed by atoms with E-state index in [0.29, 0.717) is 25.2 Å². The quantitative estimate of drug-likeness (QED) is 0.165. The molecule has 3 saturated heterocycles. The largest absolute Gasteiger partial charge is 0.459 e. The minimum absolute atomic E-state index is 0.0326. The van der Waals surface area contributed by atoms with Gasteiger partial charge in [-0.1, -0.05) is 13.8 Å². The second kappa shape index (κ2) is 19.5. The van der Waals surface area contributed by atoms with Crippen LogP contribution in [0.5, 0.6) is 0 Å². The van der Waals surface area contributed by atoms with Crippen LogP contribution in [0.15, 0.2) is 11.6 Å². The minimum atomic E-state index is -1.05. The zero-order valence-corrected chi connectivity index (χ0v) is 40.4. The van der Waals surface area contributed by atoms with Crippen LogP contribution < -0.4 is 0 Å². The van der Waals surface area contributed by atoms with Gasteiger partial charge in [0, 0.05) is 58.4 Å². The Bertz CT molecular complexity index is 1910. The van der Waals surface area contributed by atoms with Crippen molar-refractivity contribution in [1.29, 1.82) is 0 Å². The van der Waals surface area contributed by atoms with Crippen LogP contribution in [-0.2, 0) is 76.1 Å². The molecule has 21 atom stereocenters. The SMILES string of the molecule is CC(=O)O[C@H]1[C@@H](OC(C)=O)C[C@@H](O[C@H]2[C@@H](OC(C)=O)C[C@@H](O[C@H]3[C@@H](OC(C)=O)C[C@@H](O[C@H]4CC[C@@]5(C)[C@H](CC[C@@H]6[C@@H]5C[C@@H](O)[C@]5(C)[C@@H](C7=CC(=O)OC7)CCC65O)C4)O[C@@H]3C)O[C@@H]2C)O[C@@H]1C. The van der Waals surface area contributed by atoms with Gasteiger partial charge in [-0.15, -0.1) is 0 Å². The van der Waals surface area contributed by atoms with Gasteiger partial charge in [-0.2, -0.15) is 0 Å². The van der Waals surface area contributed by atoms with Crippen LogP contribution in [0, 0.1) is 34.5 Å². The lowest BCUT2D eigenvalue weighted by Crippen LogP contribution is -2.67. The molecule has 18 heteroatoms. The molecular formula is C49H72O18. The van der Waals surface area contributed by atoms with Crippen LogP contribution >= 0.6 is 0 Å². The molecule has 67 heavy (non-hydrogen) atoms. The van der Waals surface area contributed by atoms with Crippen LogP contribution in [0.1, 0.15) is 133 Å². The molecule has 0 bridgehead atoms. The molecule has 8 rings (SSSR count). The monoisotopic (exact) mass is 948 g/mol. The smallest absolute Gasteiger partial charge is 0.331 e. The van der Waals surface area contributed by atoms with Crippen molar-refractivity contribution in [1.82, 2.24) is 0 Å². The van der Waals surface area contributed by atoms with Crippen LogP contribution in [0.2, 0.25) is 0 Å². The summed E-state index contributed by atoms with van der Waals surface area (Å²) in [6.07, 6.45) is -2.35. The Morgan fingerprint density at radius 3 is 1.64 bits per heavy atom. The number of aliphatic hydroxyl groups is 2. The van der Waals surface area contributed by atoms with E-state index in [4.69, 9.17) is 52.1 Å². The standard InChI is InChI=1S/C49H72O18/c1-23-44(64-29(7)53)36(61-26(4)50)20-42(59-23)66-46-25(3)60-43(21-38(46)63-28(6)52)67-45-24(2)58-41(19-37(45)62-27(5)51)65-32-12-14-47(8)31(17-32)10-11-34-35(47)18-39(54)48(9)33(13-15-49(34,48)56)30-16-40(55)57-22-30/h16,23-25,31-39,41-46,54,56H,10-15,17-22H2,1-9H3/t23-,24-,25-,31-,32+,33-,34-,35+,36+,37+,38+,39-,41-,42-,43-,44-,45-,46-,47+,48+,49?/m1/s1. The van der Waals surface area contributed by atoms with Crippen LogP contribution in [0.25, 0.3) is 0 Å². The first-order chi connectivity index (χ1) is 31.6. The van der Waals surface area contributed by atoms with E-state index in [1.165, 1.54) is 27.7 Å². The molecule has 0 spiro atoms. The number of hydrogen-bond donors (Lipinski definition) is 2. The van der Waals surface area contributed by atoms with Crippen molar-refractivity contribution in [3.8, 4) is 0 Å². The highest BCUT2D eigenvalue weighted by atomic mass is 16.8. The molecule has 0 aromatic rings. The average Bonchev–Trinajstić information content (AvgIpc) is 3.78. The van der Waals surface area contributed by atoms with Gasteiger partial charge >= 0.3 is 29.8 Å². The summed E-state index contributed by atoms with van der Waals surface area (Å²) >= 11 is 0. The van der Waals surface area contributed by atoms with Crippen molar-refractivity contribution >= 4 is 29.8 Å². The van der Waals surface area contributed by atoms with E-state index in [-0.39, 0.29) is 61.1 Å². The highest BCUT2D eigenvalue weighted by Crippen LogP contribution is 2.70. The number of hydrogen-bond acceptors (Lipinski definition) is 18. The maximum atomic E-state index is 12.7. The Morgan fingerprint density at radius 2 is 1.13 bits per heavy atom. The van der Waals surface area contributed by atoms with Gasteiger partial charge in [-0.25, -0.2) is 4.79 Å². The van der Waals surface area contributed by atoms with Gasteiger partial charge in [0.05, 0.1) is 36.1 Å². The highest BCUT2D eigenvalue weighted by molar-refractivity contribution is 5.85. The number of carbonyl (C=O) groups excluding carboxylic acids is 5. The fourth-order valence-corrected chi connectivity index (χ4v) is 14.0. The predicted octanol–water partition coefficient (Wildman–Crippen LogP) is 4.50. The summed E-state index contributed by atoms with van der Waals surface area (Å²) in [6.45, 7) is 15.0. The van der Waals surface area contributed by atoms with Crippen molar-refractivity contribution in [3.05, 3.63) is 11.6 Å². The molecule has 4 saturated carbocycles. The zero-order valence-electron chi connectivity index (χ0n) is 40.4. The normalized spacial score (nSPS) is 47.3. The van der Waals surface area contributed by atoms with Crippen molar-refractivity contribution in [2.45, 2.75) is 225 Å². The Labute approximate surface area is 392 Å². The molecule has 7 fully saturated rings. The van der Waals surface area contributed by atoms with Gasteiger partial charge in [-0.3, -0.25) is 19.2 Å². The summed E-state index contributed by atoms with van der Waals surface area (Å²) in [5.74, 6) is -2.15. The van der Waals surface area contributed by atoms with Crippen molar-refractivity contribution < 1.29 is 86.3 Å². The molecule has 376 valence electrons. The molecule has 1 unspecified atom stereocenters. The molecular weight excluding hydrogens is 877 g/mol. The maximum Gasteiger partial charge on any atom is 0.331 e. The predicted molar refractivity (Wildman–Crippen MR) is 231 cm³/mol. The van der Waals surface area contributed by atoms with Gasteiger partial charge in [0.25, 0.3) is 0 Å². The van der Waals surface area contributed by atoms with E-state index in [1.54, 1.807) is 19.9 Å². The topological polar surface area (TPSA) is 227 Å². The molecule has 2 N–H and O–H groups in total. The van der Waals surface area contributed by atoms with Crippen LogP contribution in [-0.4, -0.2) is 138 Å². The lowest BCUT2D eigenvalue weighted by molar-refractivity contribution is -0.337. The molecule has 18 nitrogen and oxygen atoms in total. The van der Waals surface area contributed by atoms with Gasteiger partial charge in [0.15, 0.2) is 25.0 Å². The highest BCUT2D eigenvalue weighted by Gasteiger charge is 2.71. The number of carbonyl (C=O) groups is 5. The van der Waals surface area contributed by atoms with Gasteiger partial charge in [-0.05, 0) is 107 Å². The lowest BCUT2D eigenvalue weighted by atomic mass is 9.42. The first-order valence-electron chi connectivity index (χ1n) is 24.5. The third-order valence-corrected chi connectivity index (χ3v) is 17.1. The second-order valence-corrected chi connectivity index (χ2v) is 21.1. The van der Waals surface area contributed by atoms with E-state index in [1.807, 2.05) is 13.8 Å². The summed E-state index contributed by atoms with van der Waals surface area (Å²) in [6, 6.07) is 0. The van der Waals surface area contributed by atoms with E-state index < -0.39 is 115 Å². The van der Waals surface area contributed by atoms with E-state index in [2.05, 4.69) is 6.92 Å². The van der Waals surface area contributed by atoms with Crippen molar-refractivity contribution in [2.75, 3.05) is 6.61 Å². The molecule has 4 heterocycles. The Morgan fingerprint density at radius 1 is 0.627 bits per heavy atom. The summed E-state index contributed by atoms with van der Waals surface area (Å²) in [5, 5.41) is 24.7. The molecule has 4 aliphatic heterocycles. The Balaban J connectivity index is 0.888. The van der Waals surface area contributed by atoms with E-state index in [9.17, 15) is 34.2 Å². The van der Waals surface area contributed by atoms with Crippen molar-refractivity contribution in [2.24, 2.45) is 34.5 Å². The zero-order chi connectivity index (χ0) is 48.3. The summed E-state index contributed by atoms with van der Waals surface area (Å²) in [4.78, 5) is 60.8. The first-order valence-corrected chi connectivity index (χ1v) is 24.5. The maximum absolute atomic E-state index is 12.7. The van der Waals surface area contributed by atoms with Gasteiger partial charge in [0.1, 0.15) is 37.1 Å². The molecule has 0 aromatic carbocycles. The number of esters is 5. The molecule has 0 radical (unpaired) electrons. The molecule has 8 aliphatic rings. The fraction of sp³-hybridized carbons (Fsp3) is 0.857. The summed E-state index contributed by atoms with van der Waals surface area (Å²) in [7, 11) is 0. The Hall–Kier alpha value is -3.23. The van der Waals surface area contributed by atoms with Gasteiger partial charge < -0.3 is 62.3 Å². The minimum Gasteiger partial charge on any atom is -0.459 e. The van der Waals surface area contributed by atoms with Crippen molar-refractivity contribution in [3.63, 3.8) is 0 Å². The number of aliphatic hydroxyl groups excluding tert-OH is 1. The fourth-order valence-electron chi connectivity index (χ4n) is 14.0. The van der Waals surface area contributed by atoms with Crippen LogP contribution in [0.4, 0.5) is 0 Å². The Kier molecular flexibility index (Phi) is 14.6. The number of fused-ring (bicyclic) bond motifs is 5. The average molecular weight is 949 g/mol. The van der Waals surface area contributed by atoms with Crippen LogP contribution in [0.3, 0.4) is 0 Å². The molecule has 4 aliphatic carbocycles. The number of rotatable bonds is 11. The third kappa shape index (κ3) is 9.80. The van der Waals surface area contributed by atoms with E-state index in [0.717, 1.165) is 37.7 Å². The third-order valence-electron chi connectivity index (χ3n) is 17.1. The second-order valence-electron chi connectivity index (χ2n) is 21.1. The number of cyclic esters (lactones) is 1. The van der Waals surface area contributed by atoms with E-state index >= 15 is 0 Å². The molecule has 0 amide bonds. The number of ether oxygens (including phenoxy) is 11. The van der Waals surface area contributed by atoms with Gasteiger partial charge in [0.2, 0.25) is 0 Å². The first kappa shape index (κ1) is 50.2. The summed E-state index contributed by atoms with van der Waals surface area (Å²) in [5.41, 5.74) is -1.05. The molecule has 0 aromatic heterocycles.